The Morgan fingerprint density at radius 2 is 2.13 bits per heavy atom. The van der Waals surface area contributed by atoms with Gasteiger partial charge in [0.25, 0.3) is 0 Å². The lowest BCUT2D eigenvalue weighted by molar-refractivity contribution is -0.425. The van der Waals surface area contributed by atoms with Gasteiger partial charge >= 0.3 is 0 Å². The highest BCUT2D eigenvalue weighted by atomic mass is 16.6. The van der Waals surface area contributed by atoms with E-state index >= 15 is 0 Å². The van der Waals surface area contributed by atoms with Gasteiger partial charge in [-0.1, -0.05) is 19.1 Å². The summed E-state index contributed by atoms with van der Waals surface area (Å²) in [5.41, 5.74) is 1.45. The lowest BCUT2D eigenvalue weighted by Gasteiger charge is -1.95. The van der Waals surface area contributed by atoms with Crippen molar-refractivity contribution < 1.29 is 4.92 Å². The molecule has 0 atom stereocenters. The molecule has 0 amide bonds. The van der Waals surface area contributed by atoms with E-state index in [4.69, 9.17) is 5.26 Å². The SMILES string of the molecule is CC/C(=C/c1ccc(C#N)cc1)[N+](=O)[O-]. The molecule has 0 saturated carbocycles. The van der Waals surface area contributed by atoms with Crippen LogP contribution in [0.2, 0.25) is 0 Å². The molecule has 0 bridgehead atoms. The Bertz CT molecular complexity index is 427. The monoisotopic (exact) mass is 202 g/mol. The van der Waals surface area contributed by atoms with Gasteiger partial charge in [0.15, 0.2) is 0 Å². The van der Waals surface area contributed by atoms with Crippen molar-refractivity contribution in [3.63, 3.8) is 0 Å². The predicted molar refractivity (Wildman–Crippen MR) is 56.4 cm³/mol. The molecule has 1 aromatic carbocycles. The van der Waals surface area contributed by atoms with Gasteiger partial charge in [-0.15, -0.1) is 0 Å². The molecule has 1 aromatic rings. The summed E-state index contributed by atoms with van der Waals surface area (Å²) in [6.07, 6.45) is 1.90. The Balaban J connectivity index is 2.98. The fourth-order valence-corrected chi connectivity index (χ4v) is 1.13. The standard InChI is InChI=1S/C11H10N2O2/c1-2-11(13(14)15)7-9-3-5-10(8-12)6-4-9/h3-7H,2H2,1H3/b11-7-. The van der Waals surface area contributed by atoms with E-state index in [2.05, 4.69) is 0 Å². The fraction of sp³-hybridized carbons (Fsp3) is 0.182. The second-order valence-corrected chi connectivity index (χ2v) is 2.98. The van der Waals surface area contributed by atoms with E-state index < -0.39 is 4.92 Å². The van der Waals surface area contributed by atoms with Crippen LogP contribution in [-0.2, 0) is 0 Å². The van der Waals surface area contributed by atoms with Gasteiger partial charge in [0.1, 0.15) is 0 Å². The number of nitriles is 1. The molecular formula is C11H10N2O2. The number of benzene rings is 1. The summed E-state index contributed by atoms with van der Waals surface area (Å²) in [4.78, 5) is 10.2. The highest BCUT2D eigenvalue weighted by Crippen LogP contribution is 2.11. The Hall–Kier alpha value is -2.15. The summed E-state index contributed by atoms with van der Waals surface area (Å²) in [5.74, 6) is 0. The first kappa shape index (κ1) is 10.9. The van der Waals surface area contributed by atoms with Crippen LogP contribution in [0.1, 0.15) is 24.5 Å². The molecule has 76 valence electrons. The average Bonchev–Trinajstić information content (AvgIpc) is 2.26. The number of nitrogens with zero attached hydrogens (tertiary/aromatic N) is 2. The van der Waals surface area contributed by atoms with Gasteiger partial charge in [0, 0.05) is 12.5 Å². The van der Waals surface area contributed by atoms with Crippen molar-refractivity contribution in [3.8, 4) is 6.07 Å². The van der Waals surface area contributed by atoms with Gasteiger partial charge in [0.05, 0.1) is 16.6 Å². The summed E-state index contributed by atoms with van der Waals surface area (Å²) < 4.78 is 0. The molecule has 0 radical (unpaired) electrons. The van der Waals surface area contributed by atoms with Crippen molar-refractivity contribution >= 4 is 6.08 Å². The highest BCUT2D eigenvalue weighted by molar-refractivity contribution is 5.52. The van der Waals surface area contributed by atoms with Crippen molar-refractivity contribution in [2.45, 2.75) is 13.3 Å². The maximum atomic E-state index is 10.5. The van der Waals surface area contributed by atoms with Crippen LogP contribution in [-0.4, -0.2) is 4.92 Å². The Kier molecular flexibility index (Phi) is 3.58. The summed E-state index contributed by atoms with van der Waals surface area (Å²) in [5, 5.41) is 19.1. The molecule has 15 heavy (non-hydrogen) atoms. The molecule has 0 unspecified atom stereocenters. The molecule has 0 aliphatic heterocycles. The van der Waals surface area contributed by atoms with Crippen LogP contribution >= 0.6 is 0 Å². The van der Waals surface area contributed by atoms with Gasteiger partial charge in [-0.05, 0) is 17.7 Å². The number of hydrogen-bond donors (Lipinski definition) is 0. The van der Waals surface area contributed by atoms with Gasteiger partial charge in [-0.2, -0.15) is 5.26 Å². The first-order valence-electron chi connectivity index (χ1n) is 4.52. The zero-order valence-electron chi connectivity index (χ0n) is 8.30. The van der Waals surface area contributed by atoms with E-state index in [9.17, 15) is 10.1 Å². The maximum absolute atomic E-state index is 10.5. The largest absolute Gasteiger partial charge is 0.259 e. The molecule has 0 aliphatic carbocycles. The Labute approximate surface area is 87.6 Å². The van der Waals surface area contributed by atoms with Crippen LogP contribution in [0.3, 0.4) is 0 Å². The first-order valence-corrected chi connectivity index (χ1v) is 4.52. The van der Waals surface area contributed by atoms with Crippen molar-refractivity contribution in [3.05, 3.63) is 51.2 Å². The van der Waals surface area contributed by atoms with Crippen LogP contribution in [0.15, 0.2) is 30.0 Å². The fourth-order valence-electron chi connectivity index (χ4n) is 1.13. The van der Waals surface area contributed by atoms with Gasteiger partial charge in [0.2, 0.25) is 5.70 Å². The minimum absolute atomic E-state index is 0.166. The summed E-state index contributed by atoms with van der Waals surface area (Å²) in [6, 6.07) is 8.65. The summed E-state index contributed by atoms with van der Waals surface area (Å²) in [6.45, 7) is 1.73. The van der Waals surface area contributed by atoms with Crippen LogP contribution in [0.25, 0.3) is 6.08 Å². The molecule has 0 heterocycles. The molecule has 0 N–H and O–H groups in total. The first-order chi connectivity index (χ1) is 7.17. The molecule has 0 fully saturated rings. The van der Waals surface area contributed by atoms with E-state index in [1.807, 2.05) is 6.07 Å². The predicted octanol–water partition coefficient (Wildman–Crippen LogP) is 2.59. The van der Waals surface area contributed by atoms with Crippen molar-refractivity contribution in [1.82, 2.24) is 0 Å². The molecular weight excluding hydrogens is 192 g/mol. The van der Waals surface area contributed by atoms with Crippen LogP contribution < -0.4 is 0 Å². The lowest BCUT2D eigenvalue weighted by Crippen LogP contribution is -1.96. The third-order valence-electron chi connectivity index (χ3n) is 1.97. The van der Waals surface area contributed by atoms with Gasteiger partial charge in [-0.25, -0.2) is 0 Å². The Morgan fingerprint density at radius 3 is 2.53 bits per heavy atom. The van der Waals surface area contributed by atoms with Crippen molar-refractivity contribution in [2.75, 3.05) is 0 Å². The topological polar surface area (TPSA) is 66.9 Å². The third-order valence-corrected chi connectivity index (χ3v) is 1.97. The molecule has 4 nitrogen and oxygen atoms in total. The third kappa shape index (κ3) is 2.92. The summed E-state index contributed by atoms with van der Waals surface area (Å²) >= 11 is 0. The van der Waals surface area contributed by atoms with E-state index in [1.165, 1.54) is 6.08 Å². The number of hydrogen-bond acceptors (Lipinski definition) is 3. The summed E-state index contributed by atoms with van der Waals surface area (Å²) in [7, 11) is 0. The average molecular weight is 202 g/mol. The second-order valence-electron chi connectivity index (χ2n) is 2.98. The van der Waals surface area contributed by atoms with Crippen LogP contribution in [0.5, 0.6) is 0 Å². The van der Waals surface area contributed by atoms with Crippen LogP contribution in [0, 0.1) is 21.4 Å². The lowest BCUT2D eigenvalue weighted by atomic mass is 10.1. The van der Waals surface area contributed by atoms with Crippen LogP contribution in [0.4, 0.5) is 0 Å². The molecule has 4 heteroatoms. The molecule has 1 rings (SSSR count). The van der Waals surface area contributed by atoms with E-state index in [-0.39, 0.29) is 5.70 Å². The zero-order chi connectivity index (χ0) is 11.3. The van der Waals surface area contributed by atoms with Crippen molar-refractivity contribution in [1.29, 1.82) is 5.26 Å². The highest BCUT2D eigenvalue weighted by Gasteiger charge is 2.06. The van der Waals surface area contributed by atoms with E-state index in [0.717, 1.165) is 5.56 Å². The minimum Gasteiger partial charge on any atom is -0.259 e. The maximum Gasteiger partial charge on any atom is 0.246 e. The zero-order valence-corrected chi connectivity index (χ0v) is 8.30. The quantitative estimate of drug-likeness (QED) is 0.558. The van der Waals surface area contributed by atoms with Crippen molar-refractivity contribution in [2.24, 2.45) is 0 Å². The minimum atomic E-state index is -0.391. The van der Waals surface area contributed by atoms with E-state index in [1.54, 1.807) is 31.2 Å². The Morgan fingerprint density at radius 1 is 1.53 bits per heavy atom. The molecule has 0 saturated heterocycles. The van der Waals surface area contributed by atoms with Gasteiger partial charge < -0.3 is 0 Å². The number of allylic oxidation sites excluding steroid dienone is 1. The molecule has 0 aliphatic rings. The normalized spacial score (nSPS) is 10.8. The molecule has 0 spiro atoms. The van der Waals surface area contributed by atoms with Gasteiger partial charge in [-0.3, -0.25) is 10.1 Å². The van der Waals surface area contributed by atoms with E-state index in [0.29, 0.717) is 12.0 Å². The second kappa shape index (κ2) is 4.91. The molecule has 0 aromatic heterocycles. The number of nitro groups is 1. The number of rotatable bonds is 3. The smallest absolute Gasteiger partial charge is 0.246 e.